The Morgan fingerprint density at radius 1 is 1.31 bits per heavy atom. The monoisotopic (exact) mass is 399 g/mol. The topological polar surface area (TPSA) is 68.5 Å². The van der Waals surface area contributed by atoms with Gasteiger partial charge >= 0.3 is 5.97 Å². The van der Waals surface area contributed by atoms with Gasteiger partial charge in [-0.05, 0) is 57.1 Å². The lowest BCUT2D eigenvalue weighted by molar-refractivity contribution is 0.0524. The van der Waals surface area contributed by atoms with Crippen LogP contribution in [0.15, 0.2) is 29.2 Å². The van der Waals surface area contributed by atoms with Crippen molar-refractivity contribution in [1.29, 1.82) is 0 Å². The molecule has 0 amide bonds. The number of benzene rings is 1. The summed E-state index contributed by atoms with van der Waals surface area (Å²) in [5.41, 5.74) is 0.707. The number of ether oxygens (including phenoxy) is 1. The summed E-state index contributed by atoms with van der Waals surface area (Å²) in [6.45, 7) is 1.85. The highest BCUT2D eigenvalue weighted by Gasteiger charge is 2.28. The number of esters is 1. The number of fused-ring (bicyclic) bond motifs is 1. The maximum Gasteiger partial charge on any atom is 0.343 e. The number of aliphatic hydroxyl groups excluding tert-OH is 1. The SMILES string of the molecule is CCOC(=O)c1cn(C2CC2)c2c(/C=C\C[C@H]3CCC[C@H]3O)cc(F)cc2c1=O. The standard InChI is InChI=1S/C23H26FNO4/c1-2-29-23(28)19-13-25(17-9-10-17)21-15(11-16(24)12-18(21)22(19)27)7-3-5-14-6-4-8-20(14)26/h3,7,11-14,17,20,26H,2,4-6,8-10H2,1H3/b7-3-/t14-,20+/m0/s1. The van der Waals surface area contributed by atoms with Crippen LogP contribution < -0.4 is 5.43 Å². The van der Waals surface area contributed by atoms with Crippen LogP contribution in [0.2, 0.25) is 0 Å². The number of carbonyl (C=O) groups excluding carboxylic acids is 1. The minimum Gasteiger partial charge on any atom is -0.462 e. The van der Waals surface area contributed by atoms with Crippen molar-refractivity contribution in [2.24, 2.45) is 5.92 Å². The summed E-state index contributed by atoms with van der Waals surface area (Å²) in [7, 11) is 0. The first-order valence-corrected chi connectivity index (χ1v) is 10.4. The molecule has 0 aliphatic heterocycles. The number of aliphatic hydroxyl groups is 1. The summed E-state index contributed by atoms with van der Waals surface area (Å²) in [5.74, 6) is -0.962. The predicted molar refractivity (Wildman–Crippen MR) is 109 cm³/mol. The molecule has 2 atom stereocenters. The third-order valence-electron chi connectivity index (χ3n) is 5.91. The molecule has 2 aromatic rings. The molecular weight excluding hydrogens is 373 g/mol. The Morgan fingerprint density at radius 3 is 2.76 bits per heavy atom. The van der Waals surface area contributed by atoms with Crippen LogP contribution in [-0.2, 0) is 4.74 Å². The fourth-order valence-electron chi connectivity index (χ4n) is 4.27. The van der Waals surface area contributed by atoms with Gasteiger partial charge < -0.3 is 14.4 Å². The Hall–Kier alpha value is -2.47. The summed E-state index contributed by atoms with van der Waals surface area (Å²) < 4.78 is 21.3. The highest BCUT2D eigenvalue weighted by atomic mass is 19.1. The van der Waals surface area contributed by atoms with Crippen molar-refractivity contribution in [1.82, 2.24) is 4.57 Å². The number of allylic oxidation sites excluding steroid dienone is 1. The lowest BCUT2D eigenvalue weighted by atomic mass is 10.00. The lowest BCUT2D eigenvalue weighted by Gasteiger charge is -2.15. The van der Waals surface area contributed by atoms with Gasteiger partial charge in [0.2, 0.25) is 5.43 Å². The van der Waals surface area contributed by atoms with Crippen molar-refractivity contribution < 1.29 is 19.0 Å². The number of hydrogen-bond donors (Lipinski definition) is 1. The van der Waals surface area contributed by atoms with Crippen LogP contribution in [0.5, 0.6) is 0 Å². The average molecular weight is 399 g/mol. The van der Waals surface area contributed by atoms with E-state index in [-0.39, 0.29) is 35.6 Å². The molecule has 4 rings (SSSR count). The van der Waals surface area contributed by atoms with Gasteiger partial charge in [-0.2, -0.15) is 0 Å². The second-order valence-electron chi connectivity index (χ2n) is 8.02. The molecule has 5 nitrogen and oxygen atoms in total. The molecule has 1 aromatic carbocycles. The quantitative estimate of drug-likeness (QED) is 0.739. The first-order valence-electron chi connectivity index (χ1n) is 10.4. The van der Waals surface area contributed by atoms with Crippen molar-refractivity contribution in [3.63, 3.8) is 0 Å². The molecule has 0 bridgehead atoms. The number of carbonyl (C=O) groups is 1. The van der Waals surface area contributed by atoms with Crippen molar-refractivity contribution in [2.75, 3.05) is 6.61 Å². The van der Waals surface area contributed by atoms with Crippen LogP contribution >= 0.6 is 0 Å². The lowest BCUT2D eigenvalue weighted by Crippen LogP contribution is -2.21. The number of hydrogen-bond acceptors (Lipinski definition) is 4. The normalized spacial score (nSPS) is 21.9. The number of nitrogens with zero attached hydrogens (tertiary/aromatic N) is 1. The molecule has 0 saturated heterocycles. The van der Waals surface area contributed by atoms with Crippen molar-refractivity contribution >= 4 is 22.9 Å². The van der Waals surface area contributed by atoms with Gasteiger partial charge in [-0.1, -0.05) is 18.6 Å². The molecule has 2 fully saturated rings. The largest absolute Gasteiger partial charge is 0.462 e. The fraction of sp³-hybridized carbons (Fsp3) is 0.478. The van der Waals surface area contributed by atoms with Crippen LogP contribution in [0.4, 0.5) is 4.39 Å². The molecule has 1 aromatic heterocycles. The van der Waals surface area contributed by atoms with Gasteiger partial charge in [0.15, 0.2) is 0 Å². The smallest absolute Gasteiger partial charge is 0.343 e. The van der Waals surface area contributed by atoms with Crippen LogP contribution in [0.25, 0.3) is 17.0 Å². The molecular formula is C23H26FNO4. The summed E-state index contributed by atoms with van der Waals surface area (Å²) in [4.78, 5) is 25.2. The molecule has 154 valence electrons. The number of aromatic nitrogens is 1. The zero-order valence-corrected chi connectivity index (χ0v) is 16.6. The Morgan fingerprint density at radius 2 is 2.10 bits per heavy atom. The van der Waals surface area contributed by atoms with Crippen LogP contribution in [-0.4, -0.2) is 28.4 Å². The molecule has 2 aliphatic carbocycles. The van der Waals surface area contributed by atoms with Crippen molar-refractivity contribution in [3.8, 4) is 0 Å². The molecule has 1 N–H and O–H groups in total. The first kappa shape index (κ1) is 19.8. The highest BCUT2D eigenvalue weighted by molar-refractivity contribution is 5.96. The first-order chi connectivity index (χ1) is 14.0. The Kier molecular flexibility index (Phi) is 5.54. The van der Waals surface area contributed by atoms with E-state index in [0.717, 1.165) is 32.1 Å². The molecule has 2 saturated carbocycles. The highest BCUT2D eigenvalue weighted by Crippen LogP contribution is 2.38. The van der Waals surface area contributed by atoms with Crippen LogP contribution in [0, 0.1) is 11.7 Å². The zero-order chi connectivity index (χ0) is 20.5. The molecule has 2 aliphatic rings. The summed E-state index contributed by atoms with van der Waals surface area (Å²) in [6, 6.07) is 2.82. The zero-order valence-electron chi connectivity index (χ0n) is 16.6. The van der Waals surface area contributed by atoms with E-state index in [1.807, 2.05) is 16.7 Å². The second kappa shape index (κ2) is 8.11. The van der Waals surface area contributed by atoms with Gasteiger partial charge in [-0.25, -0.2) is 9.18 Å². The summed E-state index contributed by atoms with van der Waals surface area (Å²) in [6.07, 6.45) is 10.5. The van der Waals surface area contributed by atoms with E-state index in [1.54, 1.807) is 13.1 Å². The Balaban J connectivity index is 1.79. The van der Waals surface area contributed by atoms with Crippen molar-refractivity contribution in [3.05, 3.63) is 51.6 Å². The van der Waals surface area contributed by atoms with E-state index in [4.69, 9.17) is 4.74 Å². The van der Waals surface area contributed by atoms with E-state index >= 15 is 0 Å². The Labute approximate surface area is 168 Å². The van der Waals surface area contributed by atoms with Gasteiger partial charge in [0.05, 0.1) is 23.6 Å². The third-order valence-corrected chi connectivity index (χ3v) is 5.91. The summed E-state index contributed by atoms with van der Waals surface area (Å²) in [5, 5.41) is 10.2. The molecule has 29 heavy (non-hydrogen) atoms. The third kappa shape index (κ3) is 3.99. The van der Waals surface area contributed by atoms with E-state index < -0.39 is 17.2 Å². The van der Waals surface area contributed by atoms with E-state index in [2.05, 4.69) is 0 Å². The minimum atomic E-state index is -0.676. The second-order valence-corrected chi connectivity index (χ2v) is 8.02. The van der Waals surface area contributed by atoms with Gasteiger partial charge in [0.1, 0.15) is 11.4 Å². The molecule has 0 spiro atoms. The average Bonchev–Trinajstić information content (AvgIpc) is 3.45. The van der Waals surface area contributed by atoms with E-state index in [9.17, 15) is 19.1 Å². The van der Waals surface area contributed by atoms with Gasteiger partial charge in [0, 0.05) is 17.8 Å². The number of pyridine rings is 1. The van der Waals surface area contributed by atoms with Crippen LogP contribution in [0.3, 0.4) is 0 Å². The van der Waals surface area contributed by atoms with Gasteiger partial charge in [-0.15, -0.1) is 0 Å². The number of halogens is 1. The molecule has 0 radical (unpaired) electrons. The van der Waals surface area contributed by atoms with Gasteiger partial charge in [0.25, 0.3) is 0 Å². The Bertz CT molecular complexity index is 1020. The van der Waals surface area contributed by atoms with Crippen LogP contribution in [0.1, 0.15) is 67.4 Å². The number of rotatable bonds is 6. The molecule has 6 heteroatoms. The maximum absolute atomic E-state index is 14.4. The molecule has 0 unspecified atom stereocenters. The summed E-state index contributed by atoms with van der Waals surface area (Å²) >= 11 is 0. The molecule has 1 heterocycles. The maximum atomic E-state index is 14.4. The van der Waals surface area contributed by atoms with E-state index in [1.165, 1.54) is 12.1 Å². The van der Waals surface area contributed by atoms with E-state index in [0.29, 0.717) is 17.5 Å². The minimum absolute atomic E-state index is 0.0548. The fourth-order valence-corrected chi connectivity index (χ4v) is 4.27. The predicted octanol–water partition coefficient (Wildman–Crippen LogP) is 4.22. The van der Waals surface area contributed by atoms with Gasteiger partial charge in [-0.3, -0.25) is 4.79 Å². The van der Waals surface area contributed by atoms with Crippen molar-refractivity contribution in [2.45, 2.75) is 57.6 Å².